The maximum atomic E-state index is 12.9. The molecule has 0 aliphatic heterocycles. The van der Waals surface area contributed by atoms with E-state index in [9.17, 15) is 14.7 Å². The molecule has 1 amide bonds. The zero-order chi connectivity index (χ0) is 25.5. The number of hydrogen-bond acceptors (Lipinski definition) is 5. The second-order valence-electron chi connectivity index (χ2n) is 8.44. The van der Waals surface area contributed by atoms with Crippen molar-refractivity contribution < 1.29 is 19.4 Å². The zero-order valence-electron chi connectivity index (χ0n) is 20.1. The van der Waals surface area contributed by atoms with Gasteiger partial charge < -0.3 is 20.1 Å². The number of anilines is 2. The third kappa shape index (κ3) is 6.07. The van der Waals surface area contributed by atoms with E-state index in [-0.39, 0.29) is 11.5 Å². The summed E-state index contributed by atoms with van der Waals surface area (Å²) >= 11 is 0. The molecule has 4 rings (SSSR count). The van der Waals surface area contributed by atoms with Crippen molar-refractivity contribution in [1.82, 2.24) is 4.98 Å². The molecule has 0 fully saturated rings. The Balaban J connectivity index is 1.41. The summed E-state index contributed by atoms with van der Waals surface area (Å²) in [6.07, 6.45) is 2.42. The molecule has 0 saturated carbocycles. The van der Waals surface area contributed by atoms with Crippen LogP contribution < -0.4 is 15.0 Å². The fourth-order valence-corrected chi connectivity index (χ4v) is 3.74. The fourth-order valence-electron chi connectivity index (χ4n) is 3.74. The fraction of sp³-hybridized carbons (Fsp3) is 0.138. The number of carboxylic acid groups (broad SMARTS) is 1. The van der Waals surface area contributed by atoms with E-state index in [4.69, 9.17) is 4.74 Å². The minimum Gasteiger partial charge on any atom is -0.493 e. The highest BCUT2D eigenvalue weighted by molar-refractivity contribution is 6.05. The van der Waals surface area contributed by atoms with Crippen molar-refractivity contribution in [1.29, 1.82) is 0 Å². The summed E-state index contributed by atoms with van der Waals surface area (Å²) in [5.74, 6) is -0.234. The first-order chi connectivity index (χ1) is 17.4. The van der Waals surface area contributed by atoms with Crippen molar-refractivity contribution in [2.24, 2.45) is 0 Å². The average Bonchev–Trinajstić information content (AvgIpc) is 2.90. The van der Waals surface area contributed by atoms with Crippen LogP contribution in [-0.2, 0) is 6.42 Å². The van der Waals surface area contributed by atoms with Crippen molar-refractivity contribution in [3.8, 4) is 16.9 Å². The smallest absolute Gasteiger partial charge is 0.339 e. The van der Waals surface area contributed by atoms with Gasteiger partial charge in [-0.05, 0) is 53.6 Å². The molecule has 3 aromatic carbocycles. The van der Waals surface area contributed by atoms with Crippen LogP contribution in [0.1, 0.15) is 26.3 Å². The number of nitrogens with one attached hydrogen (secondary N) is 1. The Kier molecular flexibility index (Phi) is 7.60. The van der Waals surface area contributed by atoms with E-state index < -0.39 is 5.97 Å². The molecule has 0 aliphatic rings. The third-order valence-electron chi connectivity index (χ3n) is 5.59. The molecule has 4 aromatic rings. The number of nitrogens with zero attached hydrogens (tertiary/aromatic N) is 2. The summed E-state index contributed by atoms with van der Waals surface area (Å²) < 4.78 is 5.81. The number of hydrogen-bond donors (Lipinski definition) is 2. The van der Waals surface area contributed by atoms with E-state index in [1.807, 2.05) is 36.4 Å². The monoisotopic (exact) mass is 481 g/mol. The molecule has 7 heteroatoms. The molecule has 2 N–H and O–H groups in total. The molecular formula is C29H27N3O4. The first kappa shape index (κ1) is 24.5. The Morgan fingerprint density at radius 3 is 2.36 bits per heavy atom. The minimum atomic E-state index is -1.06. The predicted octanol–water partition coefficient (Wildman–Crippen LogP) is 5.39. The highest BCUT2D eigenvalue weighted by Crippen LogP contribution is 2.26. The van der Waals surface area contributed by atoms with Gasteiger partial charge in [-0.2, -0.15) is 0 Å². The molecule has 0 unspecified atom stereocenters. The van der Waals surface area contributed by atoms with Crippen LogP contribution in [0, 0.1) is 0 Å². The van der Waals surface area contributed by atoms with Crippen LogP contribution >= 0.6 is 0 Å². The van der Waals surface area contributed by atoms with Crippen LogP contribution in [0.4, 0.5) is 11.5 Å². The summed E-state index contributed by atoms with van der Waals surface area (Å²) in [6, 6.07) is 25.9. The van der Waals surface area contributed by atoms with Gasteiger partial charge in [0.1, 0.15) is 17.1 Å². The number of carboxylic acids is 1. The van der Waals surface area contributed by atoms with Gasteiger partial charge in [0.15, 0.2) is 0 Å². The molecule has 182 valence electrons. The van der Waals surface area contributed by atoms with Crippen molar-refractivity contribution in [3.63, 3.8) is 0 Å². The van der Waals surface area contributed by atoms with Gasteiger partial charge in [0.2, 0.25) is 0 Å². The average molecular weight is 482 g/mol. The first-order valence-corrected chi connectivity index (χ1v) is 11.5. The van der Waals surface area contributed by atoms with Gasteiger partial charge >= 0.3 is 5.97 Å². The maximum absolute atomic E-state index is 12.9. The van der Waals surface area contributed by atoms with Crippen molar-refractivity contribution in [2.75, 3.05) is 30.9 Å². The normalized spacial score (nSPS) is 10.5. The second-order valence-corrected chi connectivity index (χ2v) is 8.44. The van der Waals surface area contributed by atoms with Crippen LogP contribution in [0.3, 0.4) is 0 Å². The first-order valence-electron chi connectivity index (χ1n) is 11.5. The lowest BCUT2D eigenvalue weighted by molar-refractivity contribution is 0.0697. The van der Waals surface area contributed by atoms with Gasteiger partial charge in [-0.3, -0.25) is 4.79 Å². The van der Waals surface area contributed by atoms with E-state index >= 15 is 0 Å². The van der Waals surface area contributed by atoms with Crippen LogP contribution in [0.5, 0.6) is 5.75 Å². The number of aromatic carboxylic acids is 1. The molecule has 1 aromatic heterocycles. The minimum absolute atomic E-state index is 0.0958. The predicted molar refractivity (Wildman–Crippen MR) is 141 cm³/mol. The Labute approximate surface area is 210 Å². The largest absolute Gasteiger partial charge is 0.493 e. The van der Waals surface area contributed by atoms with E-state index in [0.717, 1.165) is 12.2 Å². The summed E-state index contributed by atoms with van der Waals surface area (Å²) in [4.78, 5) is 30.5. The molecule has 0 bridgehead atoms. The third-order valence-corrected chi connectivity index (χ3v) is 5.59. The number of carbonyl (C=O) groups is 2. The zero-order valence-corrected chi connectivity index (χ0v) is 20.1. The van der Waals surface area contributed by atoms with E-state index in [2.05, 4.69) is 22.4 Å². The number of ether oxygens (including phenoxy) is 1. The van der Waals surface area contributed by atoms with Crippen LogP contribution in [0.25, 0.3) is 11.1 Å². The van der Waals surface area contributed by atoms with Gasteiger partial charge in [-0.1, -0.05) is 42.5 Å². The van der Waals surface area contributed by atoms with Gasteiger partial charge in [0.05, 0.1) is 6.61 Å². The van der Waals surface area contributed by atoms with Gasteiger partial charge in [-0.15, -0.1) is 0 Å². The lowest BCUT2D eigenvalue weighted by Crippen LogP contribution is -2.15. The number of rotatable bonds is 9. The van der Waals surface area contributed by atoms with E-state index in [1.54, 1.807) is 61.6 Å². The molecule has 0 atom stereocenters. The number of benzene rings is 3. The second kappa shape index (κ2) is 11.2. The van der Waals surface area contributed by atoms with Gasteiger partial charge in [0.25, 0.3) is 5.91 Å². The molecule has 0 aliphatic carbocycles. The highest BCUT2D eigenvalue weighted by atomic mass is 16.5. The van der Waals surface area contributed by atoms with Crippen LogP contribution in [-0.4, -0.2) is 42.7 Å². The van der Waals surface area contributed by atoms with Gasteiger partial charge in [0, 0.05) is 43.5 Å². The van der Waals surface area contributed by atoms with Crippen LogP contribution in [0.2, 0.25) is 0 Å². The maximum Gasteiger partial charge on any atom is 0.339 e. The number of aromatic nitrogens is 1. The molecular weight excluding hydrogens is 454 g/mol. The topological polar surface area (TPSA) is 91.8 Å². The SMILES string of the molecule is CN(C)c1ncc(-c2cccc(C(=O)Nc3ccc(OCCc4ccccc4)cc3)c2)cc1C(=O)O. The summed E-state index contributed by atoms with van der Waals surface area (Å²) in [5.41, 5.74) is 3.72. The number of amides is 1. The van der Waals surface area contributed by atoms with Gasteiger partial charge in [-0.25, -0.2) is 9.78 Å². The summed E-state index contributed by atoms with van der Waals surface area (Å²) in [5, 5.41) is 12.5. The Bertz CT molecular complexity index is 1350. The van der Waals surface area contributed by atoms with Crippen LogP contribution in [0.15, 0.2) is 91.1 Å². The molecule has 1 heterocycles. The Hall–Kier alpha value is -4.65. The standard InChI is InChI=1S/C29H27N3O4/c1-32(2)27-26(29(34)35)18-23(19-30-27)21-9-6-10-22(17-21)28(33)31-24-11-13-25(14-12-24)36-16-15-20-7-4-3-5-8-20/h3-14,17-19H,15-16H2,1-2H3,(H,31,33)(H,34,35). The van der Waals surface area contributed by atoms with Crippen molar-refractivity contribution in [3.05, 3.63) is 108 Å². The van der Waals surface area contributed by atoms with Crippen molar-refractivity contribution in [2.45, 2.75) is 6.42 Å². The lowest BCUT2D eigenvalue weighted by atomic mass is 10.0. The van der Waals surface area contributed by atoms with Crippen molar-refractivity contribution >= 4 is 23.4 Å². The summed E-state index contributed by atoms with van der Waals surface area (Å²) in [6.45, 7) is 0.566. The lowest BCUT2D eigenvalue weighted by Gasteiger charge is -2.15. The number of carbonyl (C=O) groups excluding carboxylic acids is 1. The quantitative estimate of drug-likeness (QED) is 0.333. The Morgan fingerprint density at radius 2 is 1.67 bits per heavy atom. The van der Waals surface area contributed by atoms with E-state index in [0.29, 0.717) is 34.8 Å². The molecule has 0 saturated heterocycles. The number of pyridine rings is 1. The summed E-state index contributed by atoms with van der Waals surface area (Å²) in [7, 11) is 3.48. The molecule has 0 radical (unpaired) electrons. The highest BCUT2D eigenvalue weighted by Gasteiger charge is 2.16. The van der Waals surface area contributed by atoms with E-state index in [1.165, 1.54) is 5.56 Å². The molecule has 0 spiro atoms. The molecule has 7 nitrogen and oxygen atoms in total. The Morgan fingerprint density at radius 1 is 0.917 bits per heavy atom. The molecule has 36 heavy (non-hydrogen) atoms.